The number of aryl methyl sites for hydroxylation is 2. The maximum absolute atomic E-state index is 5.78. The summed E-state index contributed by atoms with van der Waals surface area (Å²) in [7, 11) is 1.61. The van der Waals surface area contributed by atoms with Crippen molar-refractivity contribution in [3.05, 3.63) is 29.7 Å². The van der Waals surface area contributed by atoms with E-state index in [0.717, 1.165) is 22.1 Å². The van der Waals surface area contributed by atoms with E-state index in [4.69, 9.17) is 14.9 Å². The van der Waals surface area contributed by atoms with Gasteiger partial charge in [0.15, 0.2) is 0 Å². The van der Waals surface area contributed by atoms with Gasteiger partial charge in [0.2, 0.25) is 0 Å². The molecule has 0 atom stereocenters. The van der Waals surface area contributed by atoms with Gasteiger partial charge in [0, 0.05) is 16.6 Å². The Bertz CT molecular complexity index is 518. The average molecular weight is 250 g/mol. The van der Waals surface area contributed by atoms with Crippen LogP contribution < -0.4 is 10.5 Å². The monoisotopic (exact) mass is 250 g/mol. The standard InChI is InChI=1S/C12H14N2O2S/c1-7-8(2)16-12(14-7)17-11-5-9(13)4-10(6-11)15-3/h4-6H,13H2,1-3H3. The maximum atomic E-state index is 5.78. The van der Waals surface area contributed by atoms with Crippen LogP contribution in [0.3, 0.4) is 0 Å². The van der Waals surface area contributed by atoms with Crippen LogP contribution in [0.4, 0.5) is 5.69 Å². The normalized spacial score (nSPS) is 10.5. The smallest absolute Gasteiger partial charge is 0.260 e. The molecule has 2 rings (SSSR count). The number of nitrogen functional groups attached to an aromatic ring is 1. The van der Waals surface area contributed by atoms with Crippen molar-refractivity contribution in [3.63, 3.8) is 0 Å². The third-order valence-corrected chi connectivity index (χ3v) is 3.17. The highest BCUT2D eigenvalue weighted by Crippen LogP contribution is 2.32. The van der Waals surface area contributed by atoms with Crippen molar-refractivity contribution in [2.75, 3.05) is 12.8 Å². The Hall–Kier alpha value is -1.62. The van der Waals surface area contributed by atoms with E-state index in [2.05, 4.69) is 4.98 Å². The van der Waals surface area contributed by atoms with Gasteiger partial charge in [-0.05, 0) is 37.7 Å². The van der Waals surface area contributed by atoms with Crippen molar-refractivity contribution < 1.29 is 9.15 Å². The molecule has 0 aliphatic carbocycles. The van der Waals surface area contributed by atoms with Crippen LogP contribution in [0.2, 0.25) is 0 Å². The number of anilines is 1. The van der Waals surface area contributed by atoms with Gasteiger partial charge in [0.1, 0.15) is 11.5 Å². The van der Waals surface area contributed by atoms with Gasteiger partial charge in [-0.3, -0.25) is 0 Å². The number of ether oxygens (including phenoxy) is 1. The summed E-state index contributed by atoms with van der Waals surface area (Å²) in [4.78, 5) is 5.25. The topological polar surface area (TPSA) is 61.3 Å². The molecule has 0 bridgehead atoms. The number of benzene rings is 1. The fourth-order valence-corrected chi connectivity index (χ4v) is 2.28. The van der Waals surface area contributed by atoms with Crippen LogP contribution >= 0.6 is 11.8 Å². The van der Waals surface area contributed by atoms with Crippen molar-refractivity contribution >= 4 is 17.4 Å². The zero-order valence-electron chi connectivity index (χ0n) is 9.98. The molecule has 1 heterocycles. The number of rotatable bonds is 3. The van der Waals surface area contributed by atoms with Crippen molar-refractivity contribution in [1.82, 2.24) is 4.98 Å². The summed E-state index contributed by atoms with van der Waals surface area (Å²) in [6, 6.07) is 5.54. The quantitative estimate of drug-likeness (QED) is 0.848. The third kappa shape index (κ3) is 2.74. The fraction of sp³-hybridized carbons (Fsp3) is 0.250. The van der Waals surface area contributed by atoms with Gasteiger partial charge in [-0.2, -0.15) is 0 Å². The van der Waals surface area contributed by atoms with E-state index >= 15 is 0 Å². The number of methoxy groups -OCH3 is 1. The first-order chi connectivity index (χ1) is 8.08. The molecule has 17 heavy (non-hydrogen) atoms. The third-order valence-electron chi connectivity index (χ3n) is 2.35. The summed E-state index contributed by atoms with van der Waals surface area (Å²) in [6.45, 7) is 3.81. The van der Waals surface area contributed by atoms with Gasteiger partial charge in [-0.15, -0.1) is 0 Å². The van der Waals surface area contributed by atoms with Crippen LogP contribution in [-0.2, 0) is 0 Å². The van der Waals surface area contributed by atoms with Gasteiger partial charge < -0.3 is 14.9 Å². The molecule has 0 fully saturated rings. The molecule has 0 unspecified atom stereocenters. The molecule has 0 saturated carbocycles. The number of nitrogens with zero attached hydrogens (tertiary/aromatic N) is 1. The minimum absolute atomic E-state index is 0.618. The molecular weight excluding hydrogens is 236 g/mol. The second-order valence-electron chi connectivity index (χ2n) is 3.67. The summed E-state index contributed by atoms with van der Waals surface area (Å²) in [6.07, 6.45) is 0. The highest BCUT2D eigenvalue weighted by Gasteiger charge is 2.08. The maximum Gasteiger partial charge on any atom is 0.260 e. The molecule has 4 nitrogen and oxygen atoms in total. The minimum Gasteiger partial charge on any atom is -0.497 e. The van der Waals surface area contributed by atoms with Crippen LogP contribution in [-0.4, -0.2) is 12.1 Å². The zero-order valence-corrected chi connectivity index (χ0v) is 10.8. The van der Waals surface area contributed by atoms with Gasteiger partial charge in [-0.25, -0.2) is 4.98 Å². The van der Waals surface area contributed by atoms with E-state index in [1.54, 1.807) is 13.2 Å². The fourth-order valence-electron chi connectivity index (χ4n) is 1.36. The average Bonchev–Trinajstić information content (AvgIpc) is 2.57. The Morgan fingerprint density at radius 3 is 2.65 bits per heavy atom. The minimum atomic E-state index is 0.618. The van der Waals surface area contributed by atoms with Crippen LogP contribution in [0.5, 0.6) is 5.75 Å². The van der Waals surface area contributed by atoms with Gasteiger partial charge in [-0.1, -0.05) is 0 Å². The van der Waals surface area contributed by atoms with Crippen molar-refractivity contribution in [2.24, 2.45) is 0 Å². The molecule has 0 saturated heterocycles. The summed E-state index contributed by atoms with van der Waals surface area (Å²) in [5, 5.41) is 0.618. The molecule has 0 amide bonds. The number of hydrogen-bond donors (Lipinski definition) is 1. The van der Waals surface area contributed by atoms with E-state index in [9.17, 15) is 0 Å². The summed E-state index contributed by atoms with van der Waals surface area (Å²) >= 11 is 1.43. The zero-order chi connectivity index (χ0) is 12.4. The first-order valence-corrected chi connectivity index (χ1v) is 5.96. The first kappa shape index (κ1) is 11.9. The molecule has 1 aromatic carbocycles. The molecule has 5 heteroatoms. The second-order valence-corrected chi connectivity index (χ2v) is 4.69. The number of hydrogen-bond acceptors (Lipinski definition) is 5. The largest absolute Gasteiger partial charge is 0.497 e. The lowest BCUT2D eigenvalue weighted by Crippen LogP contribution is -1.89. The van der Waals surface area contributed by atoms with E-state index in [1.807, 2.05) is 26.0 Å². The molecule has 0 spiro atoms. The predicted octanol–water partition coefficient (Wildman–Crippen LogP) is 3.03. The Balaban J connectivity index is 2.26. The summed E-state index contributed by atoms with van der Waals surface area (Å²) in [5.41, 5.74) is 7.34. The van der Waals surface area contributed by atoms with E-state index in [1.165, 1.54) is 11.8 Å². The lowest BCUT2D eigenvalue weighted by Gasteiger charge is -2.04. The van der Waals surface area contributed by atoms with Gasteiger partial charge in [0.25, 0.3) is 5.22 Å². The molecule has 0 aliphatic heterocycles. The summed E-state index contributed by atoms with van der Waals surface area (Å²) < 4.78 is 10.7. The molecule has 0 radical (unpaired) electrons. The number of oxazole rings is 1. The van der Waals surface area contributed by atoms with Crippen LogP contribution in [0.15, 0.2) is 32.7 Å². The van der Waals surface area contributed by atoms with Crippen molar-refractivity contribution in [2.45, 2.75) is 24.0 Å². The van der Waals surface area contributed by atoms with E-state index in [0.29, 0.717) is 10.9 Å². The van der Waals surface area contributed by atoms with Gasteiger partial charge in [0.05, 0.1) is 12.8 Å². The Morgan fingerprint density at radius 1 is 1.29 bits per heavy atom. The Labute approximate surface area is 104 Å². The van der Waals surface area contributed by atoms with Crippen molar-refractivity contribution in [1.29, 1.82) is 0 Å². The molecule has 2 aromatic rings. The Kier molecular flexibility index (Phi) is 3.28. The number of nitrogens with two attached hydrogens (primary N) is 1. The molecule has 2 N–H and O–H groups in total. The lowest BCUT2D eigenvalue weighted by molar-refractivity contribution is 0.413. The van der Waals surface area contributed by atoms with E-state index < -0.39 is 0 Å². The molecule has 0 aliphatic rings. The van der Waals surface area contributed by atoms with Crippen LogP contribution in [0.25, 0.3) is 0 Å². The molecule has 90 valence electrons. The van der Waals surface area contributed by atoms with Gasteiger partial charge >= 0.3 is 0 Å². The van der Waals surface area contributed by atoms with Crippen LogP contribution in [0, 0.1) is 13.8 Å². The highest BCUT2D eigenvalue weighted by atomic mass is 32.2. The number of aromatic nitrogens is 1. The molecule has 1 aromatic heterocycles. The highest BCUT2D eigenvalue weighted by molar-refractivity contribution is 7.99. The second kappa shape index (κ2) is 4.71. The first-order valence-electron chi connectivity index (χ1n) is 5.15. The SMILES string of the molecule is COc1cc(N)cc(Sc2nc(C)c(C)o2)c1. The van der Waals surface area contributed by atoms with Crippen LogP contribution in [0.1, 0.15) is 11.5 Å². The lowest BCUT2D eigenvalue weighted by atomic mass is 10.3. The molecular formula is C12H14N2O2S. The Morgan fingerprint density at radius 2 is 2.06 bits per heavy atom. The summed E-state index contributed by atoms with van der Waals surface area (Å²) in [5.74, 6) is 1.57. The van der Waals surface area contributed by atoms with Crippen molar-refractivity contribution in [3.8, 4) is 5.75 Å². The predicted molar refractivity (Wildman–Crippen MR) is 67.5 cm³/mol. The van der Waals surface area contributed by atoms with E-state index in [-0.39, 0.29) is 0 Å².